The van der Waals surface area contributed by atoms with Crippen molar-refractivity contribution in [3.05, 3.63) is 76.4 Å². The van der Waals surface area contributed by atoms with Crippen LogP contribution in [0.5, 0.6) is 0 Å². The van der Waals surface area contributed by atoms with Crippen LogP contribution in [0, 0.1) is 17.1 Å². The molecule has 4 nitrogen and oxygen atoms in total. The summed E-state index contributed by atoms with van der Waals surface area (Å²) in [4.78, 5) is 0. The first-order chi connectivity index (χ1) is 10.5. The molecular formula is C16H13FN2O2S. The van der Waals surface area contributed by atoms with E-state index in [0.29, 0.717) is 0 Å². The molecule has 0 atom stereocenters. The number of benzene rings is 2. The topological polar surface area (TPSA) is 70.0 Å². The minimum atomic E-state index is -3.67. The number of hydrogen-bond acceptors (Lipinski definition) is 3. The Balaban J connectivity index is 2.04. The molecule has 2 rings (SSSR count). The van der Waals surface area contributed by atoms with Gasteiger partial charge < -0.3 is 0 Å². The molecule has 22 heavy (non-hydrogen) atoms. The zero-order chi connectivity index (χ0) is 16.0. The molecule has 1 N–H and O–H groups in total. The standard InChI is InChI=1S/C16H13FN2O2S/c17-16-10-14(11-18)6-7-15(16)12-19-22(20,21)9-8-13-4-2-1-3-5-13/h1-10,19H,12H2/b9-8-. The summed E-state index contributed by atoms with van der Waals surface area (Å²) in [5.41, 5.74) is 1.11. The van der Waals surface area contributed by atoms with Gasteiger partial charge >= 0.3 is 0 Å². The van der Waals surface area contributed by atoms with Gasteiger partial charge in [-0.15, -0.1) is 0 Å². The van der Waals surface area contributed by atoms with Crippen LogP contribution in [0.25, 0.3) is 6.08 Å². The molecule has 0 fully saturated rings. The van der Waals surface area contributed by atoms with Crippen molar-refractivity contribution < 1.29 is 12.8 Å². The molecule has 0 aliphatic heterocycles. The Morgan fingerprint density at radius 1 is 1.18 bits per heavy atom. The van der Waals surface area contributed by atoms with E-state index >= 15 is 0 Å². The molecule has 0 saturated heterocycles. The molecule has 2 aromatic carbocycles. The fraction of sp³-hybridized carbons (Fsp3) is 0.0625. The van der Waals surface area contributed by atoms with Gasteiger partial charge in [-0.05, 0) is 23.8 Å². The van der Waals surface area contributed by atoms with Crippen LogP contribution in [0.15, 0.2) is 53.9 Å². The van der Waals surface area contributed by atoms with Crippen LogP contribution in [0.2, 0.25) is 0 Å². The summed E-state index contributed by atoms with van der Waals surface area (Å²) in [6.07, 6.45) is 1.46. The van der Waals surface area contributed by atoms with Crippen molar-refractivity contribution in [2.75, 3.05) is 0 Å². The highest BCUT2D eigenvalue weighted by atomic mass is 32.2. The first kappa shape index (κ1) is 15.9. The number of rotatable bonds is 5. The van der Waals surface area contributed by atoms with E-state index in [2.05, 4.69) is 4.72 Å². The number of nitrogens with one attached hydrogen (secondary N) is 1. The molecule has 0 aliphatic carbocycles. The predicted molar refractivity (Wildman–Crippen MR) is 82.4 cm³/mol. The summed E-state index contributed by atoms with van der Waals surface area (Å²) in [6.45, 7) is -0.182. The van der Waals surface area contributed by atoms with Crippen molar-refractivity contribution in [1.29, 1.82) is 5.26 Å². The second kappa shape index (κ2) is 6.98. The van der Waals surface area contributed by atoms with Crippen LogP contribution in [-0.4, -0.2) is 8.42 Å². The van der Waals surface area contributed by atoms with E-state index in [9.17, 15) is 12.8 Å². The van der Waals surface area contributed by atoms with Gasteiger partial charge in [0.25, 0.3) is 0 Å². The molecular weight excluding hydrogens is 303 g/mol. The monoisotopic (exact) mass is 316 g/mol. The average molecular weight is 316 g/mol. The van der Waals surface area contributed by atoms with E-state index in [0.717, 1.165) is 17.0 Å². The molecule has 6 heteroatoms. The van der Waals surface area contributed by atoms with Crippen molar-refractivity contribution in [3.8, 4) is 6.07 Å². The molecule has 0 saturated carbocycles. The summed E-state index contributed by atoms with van der Waals surface area (Å²) in [7, 11) is -3.67. The maximum atomic E-state index is 13.7. The Hall–Kier alpha value is -2.49. The zero-order valence-electron chi connectivity index (χ0n) is 11.5. The second-order valence-electron chi connectivity index (χ2n) is 4.50. The van der Waals surface area contributed by atoms with Crippen LogP contribution < -0.4 is 4.72 Å². The molecule has 0 spiro atoms. The molecule has 0 aromatic heterocycles. The van der Waals surface area contributed by atoms with Gasteiger partial charge in [-0.25, -0.2) is 17.5 Å². The molecule has 112 valence electrons. The maximum absolute atomic E-state index is 13.7. The Bertz CT molecular complexity index is 825. The first-order valence-corrected chi connectivity index (χ1v) is 7.96. The largest absolute Gasteiger partial charge is 0.234 e. The van der Waals surface area contributed by atoms with Crippen molar-refractivity contribution in [2.24, 2.45) is 0 Å². The van der Waals surface area contributed by atoms with Crippen LogP contribution in [0.3, 0.4) is 0 Å². The normalized spacial score (nSPS) is 11.5. The summed E-state index contributed by atoms with van der Waals surface area (Å²) in [5, 5.41) is 9.68. The summed E-state index contributed by atoms with van der Waals surface area (Å²) in [6, 6.07) is 14.7. The fourth-order valence-corrected chi connectivity index (χ4v) is 2.51. The lowest BCUT2D eigenvalue weighted by Crippen LogP contribution is -2.21. The highest BCUT2D eigenvalue weighted by Gasteiger charge is 2.08. The van der Waals surface area contributed by atoms with Crippen molar-refractivity contribution in [3.63, 3.8) is 0 Å². The number of nitriles is 1. The summed E-state index contributed by atoms with van der Waals surface area (Å²) in [5.74, 6) is -0.617. The second-order valence-corrected chi connectivity index (χ2v) is 6.15. The Labute approximate surface area is 128 Å². The predicted octanol–water partition coefficient (Wildman–Crippen LogP) is 2.79. The van der Waals surface area contributed by atoms with E-state index in [1.165, 1.54) is 18.2 Å². The number of halogens is 1. The lowest BCUT2D eigenvalue weighted by molar-refractivity contribution is 0.582. The van der Waals surface area contributed by atoms with Crippen molar-refractivity contribution in [2.45, 2.75) is 6.54 Å². The number of nitrogens with zero attached hydrogens (tertiary/aromatic N) is 1. The minimum Gasteiger partial charge on any atom is -0.208 e. The highest BCUT2D eigenvalue weighted by Crippen LogP contribution is 2.10. The third-order valence-corrected chi connectivity index (χ3v) is 3.93. The smallest absolute Gasteiger partial charge is 0.208 e. The van der Waals surface area contributed by atoms with Crippen molar-refractivity contribution in [1.82, 2.24) is 4.72 Å². The molecule has 0 aliphatic rings. The van der Waals surface area contributed by atoms with E-state index in [-0.39, 0.29) is 17.7 Å². The lowest BCUT2D eigenvalue weighted by atomic mass is 10.1. The third-order valence-electron chi connectivity index (χ3n) is 2.89. The van der Waals surface area contributed by atoms with E-state index < -0.39 is 15.8 Å². The van der Waals surface area contributed by atoms with Crippen LogP contribution >= 0.6 is 0 Å². The number of sulfonamides is 1. The average Bonchev–Trinajstić information content (AvgIpc) is 2.53. The van der Waals surface area contributed by atoms with Gasteiger partial charge in [0.15, 0.2) is 0 Å². The number of hydrogen-bond donors (Lipinski definition) is 1. The SMILES string of the molecule is N#Cc1ccc(CNS(=O)(=O)/C=C\c2ccccc2)c(F)c1. The van der Waals surface area contributed by atoms with E-state index in [4.69, 9.17) is 5.26 Å². The van der Waals surface area contributed by atoms with Gasteiger partial charge in [0.1, 0.15) is 5.82 Å². The molecule has 2 aromatic rings. The van der Waals surface area contributed by atoms with Gasteiger partial charge in [-0.3, -0.25) is 0 Å². The van der Waals surface area contributed by atoms with E-state index in [1.807, 2.05) is 12.1 Å². The minimum absolute atomic E-state index is 0.177. The Morgan fingerprint density at radius 2 is 1.91 bits per heavy atom. The van der Waals surface area contributed by atoms with Crippen LogP contribution in [0.4, 0.5) is 4.39 Å². The lowest BCUT2D eigenvalue weighted by Gasteiger charge is -2.05. The van der Waals surface area contributed by atoms with Gasteiger partial charge in [0.05, 0.1) is 11.6 Å². The van der Waals surface area contributed by atoms with E-state index in [1.54, 1.807) is 24.3 Å². The van der Waals surface area contributed by atoms with Crippen molar-refractivity contribution >= 4 is 16.1 Å². The van der Waals surface area contributed by atoms with Crippen LogP contribution in [0.1, 0.15) is 16.7 Å². The molecule has 0 amide bonds. The molecule has 0 heterocycles. The maximum Gasteiger partial charge on any atom is 0.234 e. The molecule has 0 bridgehead atoms. The van der Waals surface area contributed by atoms with Gasteiger partial charge in [-0.1, -0.05) is 36.4 Å². The summed E-state index contributed by atoms with van der Waals surface area (Å²) >= 11 is 0. The molecule has 0 radical (unpaired) electrons. The van der Waals surface area contributed by atoms with Gasteiger partial charge in [-0.2, -0.15) is 5.26 Å². The van der Waals surface area contributed by atoms with Crippen LogP contribution in [-0.2, 0) is 16.6 Å². The fourth-order valence-electron chi connectivity index (χ4n) is 1.72. The Kier molecular flexibility index (Phi) is 5.04. The molecule has 0 unspecified atom stereocenters. The quantitative estimate of drug-likeness (QED) is 0.922. The summed E-state index contributed by atoms with van der Waals surface area (Å²) < 4.78 is 39.6. The van der Waals surface area contributed by atoms with Gasteiger partial charge in [0.2, 0.25) is 10.0 Å². The van der Waals surface area contributed by atoms with Gasteiger partial charge in [0, 0.05) is 17.5 Å². The third kappa shape index (κ3) is 4.52. The zero-order valence-corrected chi connectivity index (χ0v) is 12.3. The highest BCUT2D eigenvalue weighted by molar-refractivity contribution is 7.92. The first-order valence-electron chi connectivity index (χ1n) is 6.41. The Morgan fingerprint density at radius 3 is 2.55 bits per heavy atom.